The Hall–Kier alpha value is -3.36. The lowest BCUT2D eigenvalue weighted by atomic mass is 10.2. The van der Waals surface area contributed by atoms with E-state index in [0.29, 0.717) is 31.2 Å². The van der Waals surface area contributed by atoms with E-state index in [1.54, 1.807) is 42.5 Å². The molecule has 1 amide bonds. The van der Waals surface area contributed by atoms with Crippen LogP contribution in [0.3, 0.4) is 0 Å². The van der Waals surface area contributed by atoms with Crippen molar-refractivity contribution in [2.45, 2.75) is 17.6 Å². The molecule has 0 bridgehead atoms. The number of ether oxygens (including phenoxy) is 2. The Morgan fingerprint density at radius 2 is 1.62 bits per heavy atom. The van der Waals surface area contributed by atoms with E-state index in [1.807, 2.05) is 30.3 Å². The summed E-state index contributed by atoms with van der Waals surface area (Å²) in [6.45, 7) is 0.951. The summed E-state index contributed by atoms with van der Waals surface area (Å²) in [4.78, 5) is 12.9. The summed E-state index contributed by atoms with van der Waals surface area (Å²) in [7, 11) is -3.85. The van der Waals surface area contributed by atoms with Crippen LogP contribution >= 0.6 is 0 Å². The predicted molar refractivity (Wildman–Crippen MR) is 121 cm³/mol. The van der Waals surface area contributed by atoms with Crippen molar-refractivity contribution in [2.24, 2.45) is 0 Å². The number of nitrogens with one attached hydrogen (secondary N) is 1. The molecule has 7 nitrogen and oxygen atoms in total. The van der Waals surface area contributed by atoms with E-state index in [1.165, 1.54) is 16.4 Å². The van der Waals surface area contributed by atoms with Gasteiger partial charge in [-0.05, 0) is 29.8 Å². The molecule has 0 saturated carbocycles. The Morgan fingerprint density at radius 3 is 2.38 bits per heavy atom. The normalized spacial score (nSPS) is 15.5. The molecule has 1 aliphatic rings. The van der Waals surface area contributed by atoms with Crippen molar-refractivity contribution in [3.63, 3.8) is 0 Å². The number of para-hydroxylation sites is 2. The second-order valence-electron chi connectivity index (χ2n) is 7.25. The average Bonchev–Trinajstić information content (AvgIpc) is 2.84. The molecule has 0 aliphatic carbocycles. The highest BCUT2D eigenvalue weighted by molar-refractivity contribution is 7.92. The molecule has 0 saturated heterocycles. The van der Waals surface area contributed by atoms with Crippen LogP contribution in [-0.4, -0.2) is 40.1 Å². The number of rotatable bonds is 8. The molecule has 8 heteroatoms. The van der Waals surface area contributed by atoms with Gasteiger partial charge in [-0.3, -0.25) is 9.10 Å². The molecule has 0 unspecified atom stereocenters. The summed E-state index contributed by atoms with van der Waals surface area (Å²) in [6.07, 6.45) is -0.975. The second kappa shape index (κ2) is 9.84. The van der Waals surface area contributed by atoms with E-state index in [0.717, 1.165) is 5.56 Å². The lowest BCUT2D eigenvalue weighted by Crippen LogP contribution is -2.51. The Kier molecular flexibility index (Phi) is 6.72. The minimum absolute atomic E-state index is 0.120. The number of amides is 1. The summed E-state index contributed by atoms with van der Waals surface area (Å²) in [5.74, 6) is -0.0465. The van der Waals surface area contributed by atoms with Crippen LogP contribution in [0.15, 0.2) is 89.8 Å². The van der Waals surface area contributed by atoms with E-state index in [2.05, 4.69) is 5.32 Å². The standard InChI is InChI=1S/C24H24N2O5S/c27-24(25-15-16-30-18-19-9-3-1-4-10-19)23-17-26(21-13-7-8-14-22(21)31-23)32(28,29)20-11-5-2-6-12-20/h1-14,23H,15-18H2,(H,25,27)/t23-/m0/s1. The molecule has 1 aliphatic heterocycles. The van der Waals surface area contributed by atoms with Gasteiger partial charge < -0.3 is 14.8 Å². The number of sulfonamides is 1. The van der Waals surface area contributed by atoms with Gasteiger partial charge in [0.05, 0.1) is 30.3 Å². The van der Waals surface area contributed by atoms with Gasteiger partial charge in [0.1, 0.15) is 5.75 Å². The zero-order valence-corrected chi connectivity index (χ0v) is 18.2. The van der Waals surface area contributed by atoms with Gasteiger partial charge in [-0.1, -0.05) is 60.7 Å². The van der Waals surface area contributed by atoms with Crippen molar-refractivity contribution in [3.05, 3.63) is 90.5 Å². The number of fused-ring (bicyclic) bond motifs is 1. The van der Waals surface area contributed by atoms with E-state index < -0.39 is 22.0 Å². The molecule has 4 rings (SSSR count). The van der Waals surface area contributed by atoms with Gasteiger partial charge in [-0.25, -0.2) is 8.42 Å². The van der Waals surface area contributed by atoms with Gasteiger partial charge in [-0.15, -0.1) is 0 Å². The van der Waals surface area contributed by atoms with Gasteiger partial charge in [0.25, 0.3) is 15.9 Å². The first-order chi connectivity index (χ1) is 15.6. The van der Waals surface area contributed by atoms with Crippen LogP contribution < -0.4 is 14.4 Å². The van der Waals surface area contributed by atoms with Crippen molar-refractivity contribution in [3.8, 4) is 5.75 Å². The lowest BCUT2D eigenvalue weighted by Gasteiger charge is -2.34. The lowest BCUT2D eigenvalue weighted by molar-refractivity contribution is -0.128. The van der Waals surface area contributed by atoms with Gasteiger partial charge in [0.2, 0.25) is 0 Å². The molecule has 166 valence electrons. The third-order valence-corrected chi connectivity index (χ3v) is 6.81. The summed E-state index contributed by atoms with van der Waals surface area (Å²) in [6, 6.07) is 24.7. The third-order valence-electron chi connectivity index (χ3n) is 5.02. The molecule has 1 atom stereocenters. The van der Waals surface area contributed by atoms with Crippen LogP contribution in [-0.2, 0) is 26.2 Å². The van der Waals surface area contributed by atoms with E-state index in [-0.39, 0.29) is 11.4 Å². The first-order valence-corrected chi connectivity index (χ1v) is 11.7. The van der Waals surface area contributed by atoms with Gasteiger partial charge in [-0.2, -0.15) is 0 Å². The van der Waals surface area contributed by atoms with Gasteiger partial charge >= 0.3 is 0 Å². The monoisotopic (exact) mass is 452 g/mol. The second-order valence-corrected chi connectivity index (χ2v) is 9.11. The number of carbonyl (C=O) groups is 1. The summed E-state index contributed by atoms with van der Waals surface area (Å²) < 4.78 is 39.2. The van der Waals surface area contributed by atoms with E-state index in [9.17, 15) is 13.2 Å². The summed E-state index contributed by atoms with van der Waals surface area (Å²) in [5.41, 5.74) is 1.46. The topological polar surface area (TPSA) is 84.9 Å². The first kappa shape index (κ1) is 21.9. The number of nitrogens with zero attached hydrogens (tertiary/aromatic N) is 1. The fraction of sp³-hybridized carbons (Fsp3) is 0.208. The van der Waals surface area contributed by atoms with Crippen LogP contribution in [0.2, 0.25) is 0 Å². The Balaban J connectivity index is 1.41. The highest BCUT2D eigenvalue weighted by Crippen LogP contribution is 2.36. The first-order valence-electron chi connectivity index (χ1n) is 10.3. The van der Waals surface area contributed by atoms with Crippen molar-refractivity contribution >= 4 is 21.6 Å². The number of anilines is 1. The molecule has 0 aromatic heterocycles. The van der Waals surface area contributed by atoms with Crippen molar-refractivity contribution < 1.29 is 22.7 Å². The molecule has 3 aromatic carbocycles. The largest absolute Gasteiger partial charge is 0.476 e. The van der Waals surface area contributed by atoms with Crippen LogP contribution in [0.25, 0.3) is 0 Å². The minimum atomic E-state index is -3.85. The maximum atomic E-state index is 13.3. The molecular formula is C24H24N2O5S. The van der Waals surface area contributed by atoms with Crippen molar-refractivity contribution in [2.75, 3.05) is 24.0 Å². The van der Waals surface area contributed by atoms with Crippen LogP contribution in [0.4, 0.5) is 5.69 Å². The molecule has 0 radical (unpaired) electrons. The van der Waals surface area contributed by atoms with Crippen LogP contribution in [0, 0.1) is 0 Å². The Morgan fingerprint density at radius 1 is 0.969 bits per heavy atom. The number of hydrogen-bond acceptors (Lipinski definition) is 5. The quantitative estimate of drug-likeness (QED) is 0.531. The number of benzene rings is 3. The highest BCUT2D eigenvalue weighted by Gasteiger charge is 2.37. The van der Waals surface area contributed by atoms with Crippen molar-refractivity contribution in [1.29, 1.82) is 0 Å². The molecule has 1 N–H and O–H groups in total. The molecule has 0 spiro atoms. The fourth-order valence-electron chi connectivity index (χ4n) is 3.41. The minimum Gasteiger partial charge on any atom is -0.476 e. The average molecular weight is 453 g/mol. The van der Waals surface area contributed by atoms with Crippen molar-refractivity contribution in [1.82, 2.24) is 5.32 Å². The molecule has 0 fully saturated rings. The SMILES string of the molecule is O=C(NCCOCc1ccccc1)[C@@H]1CN(S(=O)(=O)c2ccccc2)c2ccccc2O1. The highest BCUT2D eigenvalue weighted by atomic mass is 32.2. The van der Waals surface area contributed by atoms with E-state index >= 15 is 0 Å². The molecule has 1 heterocycles. The summed E-state index contributed by atoms with van der Waals surface area (Å²) >= 11 is 0. The van der Waals surface area contributed by atoms with Gasteiger partial charge in [0.15, 0.2) is 6.10 Å². The Labute approximate surface area is 187 Å². The molecule has 32 heavy (non-hydrogen) atoms. The smallest absolute Gasteiger partial charge is 0.264 e. The van der Waals surface area contributed by atoms with Crippen LogP contribution in [0.5, 0.6) is 5.75 Å². The summed E-state index contributed by atoms with van der Waals surface area (Å²) in [5, 5.41) is 2.77. The molecule has 3 aromatic rings. The maximum absolute atomic E-state index is 13.3. The van der Waals surface area contributed by atoms with E-state index in [4.69, 9.17) is 9.47 Å². The third kappa shape index (κ3) is 4.92. The Bertz CT molecular complexity index is 1150. The zero-order valence-electron chi connectivity index (χ0n) is 17.4. The number of carbonyl (C=O) groups excluding carboxylic acids is 1. The number of hydrogen-bond donors (Lipinski definition) is 1. The zero-order chi connectivity index (χ0) is 22.4. The fourth-order valence-corrected chi connectivity index (χ4v) is 4.91. The molecular weight excluding hydrogens is 428 g/mol. The van der Waals surface area contributed by atoms with Gasteiger partial charge in [0, 0.05) is 6.54 Å². The maximum Gasteiger partial charge on any atom is 0.264 e. The predicted octanol–water partition coefficient (Wildman–Crippen LogP) is 2.98. The van der Waals surface area contributed by atoms with Crippen LogP contribution in [0.1, 0.15) is 5.56 Å².